The fraction of sp³-hybridized carbons (Fsp3) is 0.500. The van der Waals surface area contributed by atoms with Crippen LogP contribution in [-0.4, -0.2) is 30.9 Å². The lowest BCUT2D eigenvalue weighted by molar-refractivity contribution is 0.0526. The Bertz CT molecular complexity index is 406. The van der Waals surface area contributed by atoms with E-state index in [0.717, 1.165) is 19.3 Å². The summed E-state index contributed by atoms with van der Waals surface area (Å²) in [5, 5.41) is 8.66. The van der Waals surface area contributed by atoms with Crippen LogP contribution in [0.3, 0.4) is 0 Å². The maximum Gasteiger partial charge on any atom is 0.338 e. The average molecular weight is 267 g/mol. The quantitative estimate of drug-likeness (QED) is 0.427. The lowest BCUT2D eigenvalue weighted by Gasteiger charge is -2.10. The van der Waals surface area contributed by atoms with Gasteiger partial charge in [-0.15, -0.1) is 0 Å². The second kappa shape index (κ2) is 8.37. The van der Waals surface area contributed by atoms with Crippen LogP contribution in [0.25, 0.3) is 0 Å². The number of carbonyl (C=O) groups excluding carboxylic acids is 1. The Labute approximate surface area is 113 Å². The molecular weight excluding hydrogens is 246 g/mol. The Morgan fingerprint density at radius 2 is 2.11 bits per heavy atom. The monoisotopic (exact) mass is 267 g/mol. The third kappa shape index (κ3) is 5.18. The molecule has 0 heterocycles. The molecule has 0 unspecified atom stereocenters. The minimum atomic E-state index is -0.382. The van der Waals surface area contributed by atoms with E-state index >= 15 is 0 Å². The molecule has 106 valence electrons. The van der Waals surface area contributed by atoms with E-state index in [1.54, 1.807) is 25.1 Å². The number of nitrogen functional groups attached to an aromatic ring is 1. The molecule has 0 aromatic heterocycles. The van der Waals surface area contributed by atoms with E-state index in [-0.39, 0.29) is 12.6 Å². The predicted molar refractivity (Wildman–Crippen MR) is 73.2 cm³/mol. The molecule has 0 radical (unpaired) electrons. The van der Waals surface area contributed by atoms with Gasteiger partial charge in [-0.2, -0.15) is 0 Å². The molecule has 0 aliphatic rings. The minimum Gasteiger partial charge on any atom is -0.491 e. The van der Waals surface area contributed by atoms with Crippen molar-refractivity contribution in [3.05, 3.63) is 23.8 Å². The molecule has 1 rings (SSSR count). The highest BCUT2D eigenvalue weighted by Gasteiger charge is 2.09. The van der Waals surface area contributed by atoms with Crippen molar-refractivity contribution >= 4 is 11.7 Å². The molecule has 0 saturated heterocycles. The number of rotatable bonds is 8. The van der Waals surface area contributed by atoms with E-state index < -0.39 is 0 Å². The minimum absolute atomic E-state index is 0.195. The number of esters is 1. The fourth-order valence-corrected chi connectivity index (χ4v) is 1.57. The zero-order valence-electron chi connectivity index (χ0n) is 11.2. The zero-order chi connectivity index (χ0) is 14.1. The summed E-state index contributed by atoms with van der Waals surface area (Å²) >= 11 is 0. The number of hydrogen-bond donors (Lipinski definition) is 2. The normalized spacial score (nSPS) is 10.2. The Kier molecular flexibility index (Phi) is 6.74. The maximum atomic E-state index is 11.6. The van der Waals surface area contributed by atoms with Gasteiger partial charge < -0.3 is 20.3 Å². The van der Waals surface area contributed by atoms with Gasteiger partial charge in [-0.25, -0.2) is 4.79 Å². The Balaban J connectivity index is 2.56. The Hall–Kier alpha value is -1.75. The molecule has 1 aromatic carbocycles. The maximum absolute atomic E-state index is 11.6. The molecule has 1 aromatic rings. The molecule has 3 N–H and O–H groups in total. The van der Waals surface area contributed by atoms with Gasteiger partial charge in [0.1, 0.15) is 5.75 Å². The van der Waals surface area contributed by atoms with Crippen LogP contribution in [0.5, 0.6) is 5.75 Å². The lowest BCUT2D eigenvalue weighted by Crippen LogP contribution is -2.07. The first-order valence-electron chi connectivity index (χ1n) is 6.49. The van der Waals surface area contributed by atoms with Gasteiger partial charge in [-0.3, -0.25) is 0 Å². The number of unbranched alkanes of at least 4 members (excludes halogenated alkanes) is 2. The lowest BCUT2D eigenvalue weighted by atomic mass is 10.2. The number of aliphatic hydroxyl groups excluding tert-OH is 1. The number of aliphatic hydroxyl groups is 1. The van der Waals surface area contributed by atoms with Gasteiger partial charge >= 0.3 is 5.97 Å². The Morgan fingerprint density at radius 1 is 1.32 bits per heavy atom. The third-order valence-electron chi connectivity index (χ3n) is 2.58. The first-order valence-corrected chi connectivity index (χ1v) is 6.49. The van der Waals surface area contributed by atoms with Crippen LogP contribution < -0.4 is 10.5 Å². The van der Waals surface area contributed by atoms with E-state index in [0.29, 0.717) is 30.2 Å². The van der Waals surface area contributed by atoms with Crippen molar-refractivity contribution in [1.82, 2.24) is 0 Å². The molecule has 0 spiro atoms. The van der Waals surface area contributed by atoms with Crippen molar-refractivity contribution in [3.8, 4) is 5.75 Å². The van der Waals surface area contributed by atoms with E-state index in [2.05, 4.69) is 0 Å². The van der Waals surface area contributed by atoms with E-state index in [1.807, 2.05) is 0 Å². The molecule has 19 heavy (non-hydrogen) atoms. The van der Waals surface area contributed by atoms with Crippen molar-refractivity contribution in [2.45, 2.75) is 26.2 Å². The van der Waals surface area contributed by atoms with Gasteiger partial charge in [0.15, 0.2) is 0 Å². The second-order valence-electron chi connectivity index (χ2n) is 4.11. The summed E-state index contributed by atoms with van der Waals surface area (Å²) in [6.45, 7) is 2.80. The summed E-state index contributed by atoms with van der Waals surface area (Å²) in [6.07, 6.45) is 2.50. The largest absolute Gasteiger partial charge is 0.491 e. The first kappa shape index (κ1) is 15.3. The topological polar surface area (TPSA) is 81.8 Å². The van der Waals surface area contributed by atoms with Crippen molar-refractivity contribution < 1.29 is 19.4 Å². The van der Waals surface area contributed by atoms with Gasteiger partial charge in [0.25, 0.3) is 0 Å². The molecule has 0 aliphatic carbocycles. The summed E-state index contributed by atoms with van der Waals surface area (Å²) in [6, 6.07) is 4.85. The summed E-state index contributed by atoms with van der Waals surface area (Å²) in [4.78, 5) is 11.6. The number of hydrogen-bond acceptors (Lipinski definition) is 5. The van der Waals surface area contributed by atoms with E-state index in [4.69, 9.17) is 20.3 Å². The molecule has 0 fully saturated rings. The highest BCUT2D eigenvalue weighted by Crippen LogP contribution is 2.23. The first-order chi connectivity index (χ1) is 9.19. The number of anilines is 1. The number of benzene rings is 1. The van der Waals surface area contributed by atoms with Gasteiger partial charge in [-0.05, 0) is 44.4 Å². The van der Waals surface area contributed by atoms with E-state index in [9.17, 15) is 4.79 Å². The zero-order valence-corrected chi connectivity index (χ0v) is 11.2. The molecule has 5 nitrogen and oxygen atoms in total. The van der Waals surface area contributed by atoms with Crippen molar-refractivity contribution in [2.75, 3.05) is 25.6 Å². The summed E-state index contributed by atoms with van der Waals surface area (Å²) in [5.74, 6) is 0.113. The smallest absolute Gasteiger partial charge is 0.338 e. The van der Waals surface area contributed by atoms with Crippen molar-refractivity contribution in [2.24, 2.45) is 0 Å². The standard InChI is InChI=1S/C14H21NO4/c1-2-18-14(17)11-6-7-12(15)13(10-11)19-9-5-3-4-8-16/h6-7,10,16H,2-5,8-9,15H2,1H3. The molecule has 5 heteroatoms. The van der Waals surface area contributed by atoms with Crippen LogP contribution in [0.4, 0.5) is 5.69 Å². The summed E-state index contributed by atoms with van der Waals surface area (Å²) in [7, 11) is 0. The number of carbonyl (C=O) groups is 1. The number of ether oxygens (including phenoxy) is 2. The molecule has 0 bridgehead atoms. The van der Waals surface area contributed by atoms with Crippen LogP contribution in [0, 0.1) is 0 Å². The third-order valence-corrected chi connectivity index (χ3v) is 2.58. The van der Waals surface area contributed by atoms with Gasteiger partial charge in [0.05, 0.1) is 24.5 Å². The summed E-state index contributed by atoms with van der Waals surface area (Å²) < 4.78 is 10.5. The highest BCUT2D eigenvalue weighted by molar-refractivity contribution is 5.90. The highest BCUT2D eigenvalue weighted by atomic mass is 16.5. The van der Waals surface area contributed by atoms with Crippen LogP contribution in [0.1, 0.15) is 36.5 Å². The van der Waals surface area contributed by atoms with Gasteiger partial charge in [-0.1, -0.05) is 0 Å². The van der Waals surface area contributed by atoms with Crippen LogP contribution in [0.15, 0.2) is 18.2 Å². The fourth-order valence-electron chi connectivity index (χ4n) is 1.57. The Morgan fingerprint density at radius 3 is 2.79 bits per heavy atom. The van der Waals surface area contributed by atoms with Crippen molar-refractivity contribution in [3.63, 3.8) is 0 Å². The molecular formula is C14H21NO4. The molecule has 0 aliphatic heterocycles. The summed E-state index contributed by atoms with van der Waals surface area (Å²) in [5.41, 5.74) is 6.71. The SMILES string of the molecule is CCOC(=O)c1ccc(N)c(OCCCCCO)c1. The molecule has 0 atom stereocenters. The predicted octanol–water partition coefficient (Wildman–Crippen LogP) is 1.99. The second-order valence-corrected chi connectivity index (χ2v) is 4.11. The van der Waals surface area contributed by atoms with Crippen LogP contribution in [-0.2, 0) is 4.74 Å². The van der Waals surface area contributed by atoms with Crippen molar-refractivity contribution in [1.29, 1.82) is 0 Å². The molecule has 0 saturated carbocycles. The van der Waals surface area contributed by atoms with E-state index in [1.165, 1.54) is 0 Å². The van der Waals surface area contributed by atoms with Gasteiger partial charge in [0.2, 0.25) is 0 Å². The number of nitrogens with two attached hydrogens (primary N) is 1. The molecule has 0 amide bonds. The average Bonchev–Trinajstić information content (AvgIpc) is 2.40. The van der Waals surface area contributed by atoms with Gasteiger partial charge in [0, 0.05) is 6.61 Å². The van der Waals surface area contributed by atoms with Crippen LogP contribution in [0.2, 0.25) is 0 Å². The van der Waals surface area contributed by atoms with Crippen LogP contribution >= 0.6 is 0 Å².